The number of hydrogen-bond acceptors (Lipinski definition) is 2. The molecule has 0 aromatic heterocycles. The van der Waals surface area contributed by atoms with Crippen molar-refractivity contribution in [2.75, 3.05) is 6.54 Å². The maximum atomic E-state index is 5.94. The highest BCUT2D eigenvalue weighted by molar-refractivity contribution is 5.34. The molecular weight excluding hydrogens is 186 g/mol. The molecule has 2 aliphatic heterocycles. The number of nitrogens with one attached hydrogen (secondary N) is 1. The van der Waals surface area contributed by atoms with Gasteiger partial charge in [-0.15, -0.1) is 0 Å². The van der Waals surface area contributed by atoms with Gasteiger partial charge >= 0.3 is 0 Å². The highest BCUT2D eigenvalue weighted by Gasteiger charge is 2.36. The third-order valence-electron chi connectivity index (χ3n) is 3.70. The summed E-state index contributed by atoms with van der Waals surface area (Å²) in [4.78, 5) is 0. The molecule has 3 rings (SSSR count). The van der Waals surface area contributed by atoms with E-state index in [1.54, 1.807) is 0 Å². The summed E-state index contributed by atoms with van der Waals surface area (Å²) < 4.78 is 5.94. The van der Waals surface area contributed by atoms with Gasteiger partial charge in [0.15, 0.2) is 0 Å². The van der Waals surface area contributed by atoms with Crippen LogP contribution >= 0.6 is 0 Å². The van der Waals surface area contributed by atoms with E-state index in [0.717, 1.165) is 19.6 Å². The molecule has 1 aromatic rings. The number of piperidine rings is 1. The minimum Gasteiger partial charge on any atom is -0.373 e. The SMILES string of the molecule is CC1NCCC2OCc3ccccc3C12. The zero-order valence-corrected chi connectivity index (χ0v) is 9.07. The molecule has 1 aromatic carbocycles. The average Bonchev–Trinajstić information content (AvgIpc) is 2.29. The Balaban J connectivity index is 2.02. The summed E-state index contributed by atoms with van der Waals surface area (Å²) in [5, 5.41) is 3.54. The Morgan fingerprint density at radius 1 is 1.33 bits per heavy atom. The lowest BCUT2D eigenvalue weighted by Gasteiger charge is -2.41. The van der Waals surface area contributed by atoms with Crippen LogP contribution in [0.25, 0.3) is 0 Å². The number of ether oxygens (including phenoxy) is 1. The van der Waals surface area contributed by atoms with Crippen LogP contribution in [0, 0.1) is 0 Å². The Hall–Kier alpha value is -0.860. The summed E-state index contributed by atoms with van der Waals surface area (Å²) in [5.41, 5.74) is 2.86. The predicted molar refractivity (Wildman–Crippen MR) is 59.8 cm³/mol. The zero-order valence-electron chi connectivity index (χ0n) is 9.07. The largest absolute Gasteiger partial charge is 0.373 e. The van der Waals surface area contributed by atoms with Crippen LogP contribution in [0.15, 0.2) is 24.3 Å². The van der Waals surface area contributed by atoms with Crippen molar-refractivity contribution in [2.45, 2.75) is 38.0 Å². The highest BCUT2D eigenvalue weighted by atomic mass is 16.5. The molecule has 0 spiro atoms. The minimum atomic E-state index is 0.427. The Morgan fingerprint density at radius 3 is 3.13 bits per heavy atom. The third-order valence-corrected chi connectivity index (χ3v) is 3.70. The molecule has 0 saturated carbocycles. The first-order valence-electron chi connectivity index (χ1n) is 5.79. The fourth-order valence-corrected chi connectivity index (χ4v) is 2.93. The van der Waals surface area contributed by atoms with E-state index >= 15 is 0 Å². The van der Waals surface area contributed by atoms with Gasteiger partial charge in [-0.3, -0.25) is 0 Å². The molecule has 2 aliphatic rings. The van der Waals surface area contributed by atoms with Crippen LogP contribution in [-0.2, 0) is 11.3 Å². The van der Waals surface area contributed by atoms with Crippen LogP contribution in [0.4, 0.5) is 0 Å². The molecule has 3 atom stereocenters. The zero-order chi connectivity index (χ0) is 10.3. The fourth-order valence-electron chi connectivity index (χ4n) is 2.93. The predicted octanol–water partition coefficient (Wildman–Crippen LogP) is 2.05. The molecule has 2 heterocycles. The van der Waals surface area contributed by atoms with E-state index in [0.29, 0.717) is 18.1 Å². The van der Waals surface area contributed by atoms with Gasteiger partial charge in [0.05, 0.1) is 12.7 Å². The van der Waals surface area contributed by atoms with E-state index in [2.05, 4.69) is 36.5 Å². The maximum Gasteiger partial charge on any atom is 0.0723 e. The molecule has 1 N–H and O–H groups in total. The second kappa shape index (κ2) is 3.62. The Kier molecular flexibility index (Phi) is 2.26. The van der Waals surface area contributed by atoms with Gasteiger partial charge in [0.25, 0.3) is 0 Å². The van der Waals surface area contributed by atoms with Gasteiger partial charge in [0.2, 0.25) is 0 Å². The molecule has 1 fully saturated rings. The van der Waals surface area contributed by atoms with Gasteiger partial charge < -0.3 is 10.1 Å². The topological polar surface area (TPSA) is 21.3 Å². The van der Waals surface area contributed by atoms with Crippen LogP contribution in [-0.4, -0.2) is 18.7 Å². The van der Waals surface area contributed by atoms with E-state index in [9.17, 15) is 0 Å². The second-order valence-electron chi connectivity index (χ2n) is 4.61. The van der Waals surface area contributed by atoms with Crippen LogP contribution in [0.5, 0.6) is 0 Å². The Bertz CT molecular complexity index is 363. The van der Waals surface area contributed by atoms with Gasteiger partial charge in [-0.2, -0.15) is 0 Å². The van der Waals surface area contributed by atoms with Gasteiger partial charge in [-0.1, -0.05) is 24.3 Å². The van der Waals surface area contributed by atoms with Gasteiger partial charge in [0.1, 0.15) is 0 Å². The highest BCUT2D eigenvalue weighted by Crippen LogP contribution is 2.36. The van der Waals surface area contributed by atoms with E-state index in [-0.39, 0.29) is 0 Å². The number of benzene rings is 1. The van der Waals surface area contributed by atoms with E-state index in [1.165, 1.54) is 11.1 Å². The minimum absolute atomic E-state index is 0.427. The lowest BCUT2D eigenvalue weighted by Crippen LogP contribution is -2.48. The molecule has 0 bridgehead atoms. The fraction of sp³-hybridized carbons (Fsp3) is 0.538. The summed E-state index contributed by atoms with van der Waals surface area (Å²) >= 11 is 0. The molecule has 0 radical (unpaired) electrons. The van der Waals surface area contributed by atoms with Crippen molar-refractivity contribution in [3.05, 3.63) is 35.4 Å². The Labute approximate surface area is 90.6 Å². The number of rotatable bonds is 0. The van der Waals surface area contributed by atoms with Crippen molar-refractivity contribution in [3.63, 3.8) is 0 Å². The van der Waals surface area contributed by atoms with Crippen molar-refractivity contribution in [1.29, 1.82) is 0 Å². The quantitative estimate of drug-likeness (QED) is 0.697. The lowest BCUT2D eigenvalue weighted by molar-refractivity contribution is -0.0173. The first kappa shape index (κ1) is 9.37. The van der Waals surface area contributed by atoms with Crippen molar-refractivity contribution in [2.24, 2.45) is 0 Å². The molecule has 80 valence electrons. The molecule has 15 heavy (non-hydrogen) atoms. The molecule has 2 nitrogen and oxygen atoms in total. The summed E-state index contributed by atoms with van der Waals surface area (Å²) in [6, 6.07) is 9.22. The van der Waals surface area contributed by atoms with Crippen LogP contribution in [0.2, 0.25) is 0 Å². The Morgan fingerprint density at radius 2 is 2.20 bits per heavy atom. The molecule has 3 unspecified atom stereocenters. The molecule has 0 aliphatic carbocycles. The van der Waals surface area contributed by atoms with Crippen LogP contribution in [0.1, 0.15) is 30.4 Å². The molecule has 0 amide bonds. The first-order valence-corrected chi connectivity index (χ1v) is 5.79. The molecule has 2 heteroatoms. The standard InChI is InChI=1S/C13H17NO/c1-9-13-11-5-3-2-4-10(11)8-15-12(13)6-7-14-9/h2-5,9,12-14H,6-8H2,1H3. The summed E-state index contributed by atoms with van der Waals surface area (Å²) in [5.74, 6) is 0.545. The van der Waals surface area contributed by atoms with Crippen LogP contribution in [0.3, 0.4) is 0 Å². The molecule has 1 saturated heterocycles. The normalized spacial score (nSPS) is 34.3. The third kappa shape index (κ3) is 1.48. The first-order chi connectivity index (χ1) is 7.36. The smallest absolute Gasteiger partial charge is 0.0723 e. The van der Waals surface area contributed by atoms with Crippen molar-refractivity contribution in [3.8, 4) is 0 Å². The summed E-state index contributed by atoms with van der Waals surface area (Å²) in [6.45, 7) is 4.15. The van der Waals surface area contributed by atoms with E-state index in [1.807, 2.05) is 0 Å². The number of fused-ring (bicyclic) bond motifs is 3. The summed E-state index contributed by atoms with van der Waals surface area (Å²) in [7, 11) is 0. The number of hydrogen-bond donors (Lipinski definition) is 1. The van der Waals surface area contributed by atoms with Gasteiger partial charge in [0, 0.05) is 12.0 Å². The van der Waals surface area contributed by atoms with E-state index in [4.69, 9.17) is 4.74 Å². The monoisotopic (exact) mass is 203 g/mol. The second-order valence-corrected chi connectivity index (χ2v) is 4.61. The molecular formula is C13H17NO. The maximum absolute atomic E-state index is 5.94. The van der Waals surface area contributed by atoms with Crippen molar-refractivity contribution in [1.82, 2.24) is 5.32 Å². The summed E-state index contributed by atoms with van der Waals surface area (Å²) in [6.07, 6.45) is 1.57. The lowest BCUT2D eigenvalue weighted by atomic mass is 9.79. The van der Waals surface area contributed by atoms with Gasteiger partial charge in [-0.05, 0) is 31.0 Å². The van der Waals surface area contributed by atoms with Crippen molar-refractivity contribution < 1.29 is 4.74 Å². The van der Waals surface area contributed by atoms with Gasteiger partial charge in [-0.25, -0.2) is 0 Å². The van der Waals surface area contributed by atoms with E-state index < -0.39 is 0 Å². The van der Waals surface area contributed by atoms with Crippen molar-refractivity contribution >= 4 is 0 Å². The average molecular weight is 203 g/mol. The van der Waals surface area contributed by atoms with Crippen LogP contribution < -0.4 is 5.32 Å².